The number of aromatic amines is 1. The van der Waals surface area contributed by atoms with Crippen LogP contribution in [0.15, 0.2) is 11.5 Å². The molecule has 0 aliphatic rings. The third-order valence-corrected chi connectivity index (χ3v) is 2.13. The first-order valence-electron chi connectivity index (χ1n) is 3.17. The molecular formula is C5H10N4OS. The van der Waals surface area contributed by atoms with Crippen molar-refractivity contribution in [1.82, 2.24) is 15.2 Å². The minimum Gasteiger partial charge on any atom is -0.395 e. The van der Waals surface area contributed by atoms with Crippen LogP contribution < -0.4 is 5.73 Å². The molecule has 5 nitrogen and oxygen atoms in total. The summed E-state index contributed by atoms with van der Waals surface area (Å²) < 4.78 is 0. The zero-order valence-electron chi connectivity index (χ0n) is 5.90. The van der Waals surface area contributed by atoms with Gasteiger partial charge >= 0.3 is 0 Å². The fourth-order valence-electron chi connectivity index (χ4n) is 0.502. The van der Waals surface area contributed by atoms with E-state index in [2.05, 4.69) is 15.2 Å². The van der Waals surface area contributed by atoms with Crippen molar-refractivity contribution in [2.75, 3.05) is 12.4 Å². The average Bonchev–Trinajstić information content (AvgIpc) is 2.52. The van der Waals surface area contributed by atoms with Gasteiger partial charge in [-0.1, -0.05) is 11.8 Å². The minimum absolute atomic E-state index is 0.00113. The Labute approximate surface area is 68.4 Å². The average molecular weight is 174 g/mol. The number of hydrogen-bond acceptors (Lipinski definition) is 5. The quantitative estimate of drug-likeness (QED) is 0.521. The topological polar surface area (TPSA) is 87.8 Å². The Hall–Kier alpha value is -0.590. The summed E-state index contributed by atoms with van der Waals surface area (Å²) in [5, 5.41) is 15.7. The SMILES string of the molecule is NC(CO)CSc1ncn[nH]1. The number of nitrogens with zero attached hydrogens (tertiary/aromatic N) is 2. The number of H-pyrrole nitrogens is 1. The van der Waals surface area contributed by atoms with Crippen LogP contribution in [0.4, 0.5) is 0 Å². The second-order valence-electron chi connectivity index (χ2n) is 2.04. The predicted molar refractivity (Wildman–Crippen MR) is 42.2 cm³/mol. The molecule has 1 unspecified atom stereocenters. The molecule has 1 aromatic heterocycles. The fraction of sp³-hybridized carbons (Fsp3) is 0.600. The Morgan fingerprint density at radius 2 is 2.64 bits per heavy atom. The van der Waals surface area contributed by atoms with E-state index in [1.807, 2.05) is 0 Å². The minimum atomic E-state index is -0.190. The van der Waals surface area contributed by atoms with E-state index in [1.165, 1.54) is 18.1 Å². The summed E-state index contributed by atoms with van der Waals surface area (Å²) in [6.07, 6.45) is 1.44. The van der Waals surface area contributed by atoms with Crippen molar-refractivity contribution in [1.29, 1.82) is 0 Å². The number of rotatable bonds is 4. The molecule has 0 aliphatic carbocycles. The largest absolute Gasteiger partial charge is 0.395 e. The maximum absolute atomic E-state index is 8.58. The Morgan fingerprint density at radius 3 is 3.18 bits per heavy atom. The van der Waals surface area contributed by atoms with Crippen molar-refractivity contribution < 1.29 is 5.11 Å². The van der Waals surface area contributed by atoms with Crippen LogP contribution in [-0.2, 0) is 0 Å². The first-order chi connectivity index (χ1) is 5.33. The van der Waals surface area contributed by atoms with E-state index in [4.69, 9.17) is 10.8 Å². The molecule has 0 aromatic carbocycles. The highest BCUT2D eigenvalue weighted by Crippen LogP contribution is 2.10. The van der Waals surface area contributed by atoms with Crippen molar-refractivity contribution in [2.24, 2.45) is 5.73 Å². The summed E-state index contributed by atoms with van der Waals surface area (Å²) in [6.45, 7) is 0.00113. The van der Waals surface area contributed by atoms with Crippen molar-refractivity contribution >= 4 is 11.8 Å². The van der Waals surface area contributed by atoms with Gasteiger partial charge in [-0.15, -0.1) is 0 Å². The van der Waals surface area contributed by atoms with E-state index in [0.29, 0.717) is 5.75 Å². The smallest absolute Gasteiger partial charge is 0.183 e. The molecule has 1 atom stereocenters. The van der Waals surface area contributed by atoms with E-state index in [9.17, 15) is 0 Å². The Balaban J connectivity index is 2.23. The Morgan fingerprint density at radius 1 is 1.82 bits per heavy atom. The number of aliphatic hydroxyl groups is 1. The molecule has 62 valence electrons. The summed E-state index contributed by atoms with van der Waals surface area (Å²) >= 11 is 1.45. The van der Waals surface area contributed by atoms with Crippen molar-refractivity contribution in [2.45, 2.75) is 11.2 Å². The molecule has 1 aromatic rings. The zero-order chi connectivity index (χ0) is 8.10. The van der Waals surface area contributed by atoms with E-state index in [0.717, 1.165) is 5.16 Å². The van der Waals surface area contributed by atoms with Crippen LogP contribution in [0.2, 0.25) is 0 Å². The van der Waals surface area contributed by atoms with Gasteiger partial charge in [0.15, 0.2) is 5.16 Å². The third-order valence-electron chi connectivity index (χ3n) is 1.06. The summed E-state index contributed by atoms with van der Waals surface area (Å²) in [5.74, 6) is 0.645. The van der Waals surface area contributed by atoms with Gasteiger partial charge in [0, 0.05) is 11.8 Å². The summed E-state index contributed by atoms with van der Waals surface area (Å²) in [4.78, 5) is 3.88. The molecule has 11 heavy (non-hydrogen) atoms. The molecule has 0 saturated heterocycles. The van der Waals surface area contributed by atoms with E-state index in [1.54, 1.807) is 0 Å². The lowest BCUT2D eigenvalue weighted by Gasteiger charge is -2.03. The van der Waals surface area contributed by atoms with Gasteiger partial charge in [-0.05, 0) is 0 Å². The highest BCUT2D eigenvalue weighted by Gasteiger charge is 2.02. The summed E-state index contributed by atoms with van der Waals surface area (Å²) in [7, 11) is 0. The molecule has 1 rings (SSSR count). The Bertz CT molecular complexity index is 190. The molecule has 0 spiro atoms. The molecule has 6 heteroatoms. The molecule has 0 saturated carbocycles. The second kappa shape index (κ2) is 4.32. The lowest BCUT2D eigenvalue weighted by atomic mass is 10.4. The fourth-order valence-corrected chi connectivity index (χ4v) is 1.22. The highest BCUT2D eigenvalue weighted by molar-refractivity contribution is 7.99. The normalized spacial score (nSPS) is 13.3. The molecule has 0 bridgehead atoms. The van der Waals surface area contributed by atoms with Gasteiger partial charge in [0.2, 0.25) is 0 Å². The standard InChI is InChI=1S/C5H10N4OS/c6-4(1-10)2-11-5-7-3-8-9-5/h3-4,10H,1-2,6H2,(H,7,8,9). The van der Waals surface area contributed by atoms with Crippen LogP contribution in [0.1, 0.15) is 0 Å². The number of aliphatic hydroxyl groups excluding tert-OH is 1. The van der Waals surface area contributed by atoms with E-state index >= 15 is 0 Å². The second-order valence-corrected chi connectivity index (χ2v) is 3.05. The maximum Gasteiger partial charge on any atom is 0.183 e. The first kappa shape index (κ1) is 8.51. The highest BCUT2D eigenvalue weighted by atomic mass is 32.2. The van der Waals surface area contributed by atoms with Gasteiger partial charge in [0.05, 0.1) is 6.61 Å². The number of hydrogen-bond donors (Lipinski definition) is 3. The molecule has 0 aliphatic heterocycles. The number of nitrogens with one attached hydrogen (secondary N) is 1. The summed E-state index contributed by atoms with van der Waals surface area (Å²) in [5.41, 5.74) is 5.46. The lowest BCUT2D eigenvalue weighted by molar-refractivity contribution is 0.275. The zero-order valence-corrected chi connectivity index (χ0v) is 6.71. The number of nitrogens with two attached hydrogens (primary N) is 1. The van der Waals surface area contributed by atoms with Gasteiger partial charge in [-0.2, -0.15) is 5.10 Å². The summed E-state index contributed by atoms with van der Waals surface area (Å²) in [6, 6.07) is -0.190. The van der Waals surface area contributed by atoms with Gasteiger partial charge in [-0.25, -0.2) is 4.98 Å². The van der Waals surface area contributed by atoms with E-state index in [-0.39, 0.29) is 12.6 Å². The van der Waals surface area contributed by atoms with Crippen molar-refractivity contribution in [3.63, 3.8) is 0 Å². The maximum atomic E-state index is 8.58. The molecule has 0 amide bonds. The molecule has 0 radical (unpaired) electrons. The van der Waals surface area contributed by atoms with Crippen molar-refractivity contribution in [3.05, 3.63) is 6.33 Å². The van der Waals surface area contributed by atoms with Crippen molar-refractivity contribution in [3.8, 4) is 0 Å². The number of aromatic nitrogens is 3. The van der Waals surface area contributed by atoms with Crippen LogP contribution in [-0.4, -0.2) is 38.7 Å². The van der Waals surface area contributed by atoms with E-state index < -0.39 is 0 Å². The molecule has 4 N–H and O–H groups in total. The lowest BCUT2D eigenvalue weighted by Crippen LogP contribution is -2.26. The molecule has 1 heterocycles. The Kier molecular flexibility index (Phi) is 3.34. The third kappa shape index (κ3) is 2.87. The van der Waals surface area contributed by atoms with Gasteiger partial charge in [-0.3, -0.25) is 5.10 Å². The monoisotopic (exact) mass is 174 g/mol. The van der Waals surface area contributed by atoms with Gasteiger partial charge in [0.25, 0.3) is 0 Å². The van der Waals surface area contributed by atoms with Gasteiger partial charge < -0.3 is 10.8 Å². The van der Waals surface area contributed by atoms with Gasteiger partial charge in [0.1, 0.15) is 6.33 Å². The van der Waals surface area contributed by atoms with Crippen LogP contribution >= 0.6 is 11.8 Å². The first-order valence-corrected chi connectivity index (χ1v) is 4.16. The number of thioether (sulfide) groups is 1. The van der Waals surface area contributed by atoms with Crippen LogP contribution in [0.5, 0.6) is 0 Å². The van der Waals surface area contributed by atoms with Crippen LogP contribution in [0.25, 0.3) is 0 Å². The molecule has 0 fully saturated rings. The predicted octanol–water partition coefficient (Wildman–Crippen LogP) is -0.784. The van der Waals surface area contributed by atoms with Crippen LogP contribution in [0.3, 0.4) is 0 Å². The molecular weight excluding hydrogens is 164 g/mol. The van der Waals surface area contributed by atoms with Crippen LogP contribution in [0, 0.1) is 0 Å².